The highest BCUT2D eigenvalue weighted by molar-refractivity contribution is 7.04. The Labute approximate surface area is 374 Å². The molecule has 3 nitrogen and oxygen atoms in total. The fraction of sp³-hybridized carbons (Fsp3) is 0.0333. The van der Waals surface area contributed by atoms with Gasteiger partial charge in [0.25, 0.3) is 0 Å². The number of nitrogens with zero attached hydrogens (tertiary/aromatic N) is 3. The Balaban J connectivity index is 1.00. The van der Waals surface area contributed by atoms with Gasteiger partial charge in [0, 0.05) is 27.6 Å². The van der Waals surface area contributed by atoms with Gasteiger partial charge in [0.1, 0.15) is 8.07 Å². The van der Waals surface area contributed by atoms with E-state index in [9.17, 15) is 0 Å². The summed E-state index contributed by atoms with van der Waals surface area (Å²) in [7, 11) is -2.13. The topological polar surface area (TPSA) is 30.7 Å². The van der Waals surface area contributed by atoms with Crippen LogP contribution in [0.4, 0.5) is 0 Å². The molecule has 4 heteroatoms. The zero-order valence-electron chi connectivity index (χ0n) is 35.7. The monoisotopic (exact) mass is 833 g/mol. The van der Waals surface area contributed by atoms with Gasteiger partial charge in [0.15, 0.2) is 5.82 Å². The zero-order valence-corrected chi connectivity index (χ0v) is 36.7. The first kappa shape index (κ1) is 37.8. The molecule has 302 valence electrons. The van der Waals surface area contributed by atoms with Crippen molar-refractivity contribution in [1.82, 2.24) is 14.5 Å². The maximum atomic E-state index is 5.54. The van der Waals surface area contributed by atoms with Gasteiger partial charge in [-0.15, -0.1) is 0 Å². The first-order valence-electron chi connectivity index (χ1n) is 22.1. The van der Waals surface area contributed by atoms with Crippen molar-refractivity contribution in [3.63, 3.8) is 0 Å². The summed E-state index contributed by atoms with van der Waals surface area (Å²) < 4.78 is 2.40. The second kappa shape index (κ2) is 15.2. The van der Waals surface area contributed by atoms with Crippen LogP contribution in [0.1, 0.15) is 0 Å². The summed E-state index contributed by atoms with van der Waals surface area (Å²) in [5.41, 5.74) is 18.4. The molecule has 0 fully saturated rings. The van der Waals surface area contributed by atoms with Gasteiger partial charge in [-0.05, 0) is 109 Å². The molecular weight excluding hydrogens is 791 g/mol. The van der Waals surface area contributed by atoms with Crippen molar-refractivity contribution in [2.24, 2.45) is 0 Å². The molecule has 0 amide bonds. The van der Waals surface area contributed by atoms with Gasteiger partial charge in [-0.1, -0.05) is 189 Å². The Morgan fingerprint density at radius 3 is 1.58 bits per heavy atom. The Morgan fingerprint density at radius 1 is 0.359 bits per heavy atom. The molecule has 0 saturated heterocycles. The molecule has 0 N–H and O–H groups in total. The minimum absolute atomic E-state index is 0.742. The lowest BCUT2D eigenvalue weighted by Gasteiger charge is -2.22. The van der Waals surface area contributed by atoms with E-state index in [1.54, 1.807) is 0 Å². The van der Waals surface area contributed by atoms with Crippen LogP contribution in [0.5, 0.6) is 0 Å². The van der Waals surface area contributed by atoms with E-state index in [4.69, 9.17) is 9.97 Å². The number of para-hydroxylation sites is 1. The Bertz CT molecular complexity index is 3570. The summed E-state index contributed by atoms with van der Waals surface area (Å²) in [6, 6.07) is 81.2. The third kappa shape index (κ3) is 6.25. The van der Waals surface area contributed by atoms with Crippen LogP contribution in [0.15, 0.2) is 224 Å². The molecule has 12 rings (SSSR count). The molecule has 3 heterocycles. The largest absolute Gasteiger partial charge is 0.309 e. The fourth-order valence-electron chi connectivity index (χ4n) is 10.1. The van der Waals surface area contributed by atoms with E-state index in [2.05, 4.69) is 242 Å². The average Bonchev–Trinajstić information content (AvgIpc) is 3.82. The number of rotatable bonds is 7. The molecule has 0 saturated carbocycles. The second-order valence-corrected chi connectivity index (χ2v) is 21.7. The number of benzene rings is 9. The predicted molar refractivity (Wildman–Crippen MR) is 271 cm³/mol. The quantitative estimate of drug-likeness (QED) is 0.150. The lowest BCUT2D eigenvalue weighted by Crippen LogP contribution is -2.50. The number of aromatic nitrogens is 3. The highest BCUT2D eigenvalue weighted by Crippen LogP contribution is 2.42. The summed E-state index contributed by atoms with van der Waals surface area (Å²) in [5.74, 6) is 0.742. The molecule has 0 aliphatic carbocycles. The summed E-state index contributed by atoms with van der Waals surface area (Å²) in [6.07, 6.45) is 0. The van der Waals surface area contributed by atoms with E-state index in [-0.39, 0.29) is 0 Å². The molecular formula is C60H43N3Si. The number of hydrogen-bond donors (Lipinski definition) is 0. The van der Waals surface area contributed by atoms with Crippen LogP contribution in [-0.4, -0.2) is 22.6 Å². The van der Waals surface area contributed by atoms with Crippen LogP contribution in [0.25, 0.3) is 106 Å². The van der Waals surface area contributed by atoms with Crippen molar-refractivity contribution in [1.29, 1.82) is 0 Å². The normalized spacial score (nSPS) is 12.7. The van der Waals surface area contributed by atoms with E-state index in [1.807, 2.05) is 0 Å². The van der Waals surface area contributed by atoms with Crippen LogP contribution < -0.4 is 10.4 Å². The number of hydrogen-bond acceptors (Lipinski definition) is 2. The minimum Gasteiger partial charge on any atom is -0.309 e. The minimum atomic E-state index is -2.13. The molecule has 9 aromatic carbocycles. The highest BCUT2D eigenvalue weighted by atomic mass is 28.3. The Kier molecular flexibility index (Phi) is 8.96. The lowest BCUT2D eigenvalue weighted by molar-refractivity contribution is 1.18. The standard InChI is InChI=1S/C60H43N3Si/c1-64(2)55-33-13-12-30-51(55)58-59(64)57(47-26-15-22-42(37-47)40-18-6-3-7-19-40)61-60(62-58)48-27-16-24-44(38-48)43-23-14-25-46(36-43)50-31-17-32-54-56(50)52-39-45(41-20-8-4-9-21-41)34-35-53(52)63(54)49-28-10-5-11-29-49/h3-39H,1-2H3. The second-order valence-electron chi connectivity index (χ2n) is 17.4. The van der Waals surface area contributed by atoms with Crippen molar-refractivity contribution < 1.29 is 0 Å². The first-order chi connectivity index (χ1) is 31.5. The van der Waals surface area contributed by atoms with Gasteiger partial charge in [-0.25, -0.2) is 9.97 Å². The molecule has 2 aromatic heterocycles. The van der Waals surface area contributed by atoms with Gasteiger partial charge in [0.05, 0.1) is 22.4 Å². The highest BCUT2D eigenvalue weighted by Gasteiger charge is 2.41. The summed E-state index contributed by atoms with van der Waals surface area (Å²) >= 11 is 0. The SMILES string of the molecule is C[Si]1(C)c2ccccc2-c2nc(-c3cccc(-c4cccc(-c5cccc6c5c5cc(-c7ccccc7)ccc5n6-c5ccccc5)c4)c3)nc(-c3cccc(-c4ccccc4)c3)c21. The van der Waals surface area contributed by atoms with E-state index in [0.717, 1.165) is 45.2 Å². The molecule has 0 unspecified atom stereocenters. The molecule has 0 atom stereocenters. The van der Waals surface area contributed by atoms with Crippen LogP contribution in [0, 0.1) is 0 Å². The maximum absolute atomic E-state index is 5.54. The van der Waals surface area contributed by atoms with Crippen molar-refractivity contribution in [3.8, 4) is 84.1 Å². The Hall–Kier alpha value is -7.92. The van der Waals surface area contributed by atoms with Gasteiger partial charge in [0.2, 0.25) is 0 Å². The van der Waals surface area contributed by atoms with E-state index in [1.165, 1.54) is 71.1 Å². The fourth-order valence-corrected chi connectivity index (χ4v) is 13.3. The van der Waals surface area contributed by atoms with Crippen molar-refractivity contribution in [3.05, 3.63) is 224 Å². The zero-order chi connectivity index (χ0) is 42.8. The smallest absolute Gasteiger partial charge is 0.160 e. The predicted octanol–water partition coefficient (Wildman–Crippen LogP) is 14.4. The van der Waals surface area contributed by atoms with Gasteiger partial charge < -0.3 is 4.57 Å². The summed E-state index contributed by atoms with van der Waals surface area (Å²) in [5, 5.41) is 5.20. The van der Waals surface area contributed by atoms with Crippen LogP contribution in [-0.2, 0) is 0 Å². The first-order valence-corrected chi connectivity index (χ1v) is 25.1. The van der Waals surface area contributed by atoms with Crippen molar-refractivity contribution in [2.75, 3.05) is 0 Å². The number of fused-ring (bicyclic) bond motifs is 6. The molecule has 11 aromatic rings. The maximum Gasteiger partial charge on any atom is 0.160 e. The van der Waals surface area contributed by atoms with Crippen molar-refractivity contribution >= 4 is 40.3 Å². The van der Waals surface area contributed by atoms with E-state index >= 15 is 0 Å². The van der Waals surface area contributed by atoms with E-state index in [0.29, 0.717) is 0 Å². The molecule has 0 bridgehead atoms. The third-order valence-electron chi connectivity index (χ3n) is 13.2. The molecule has 0 radical (unpaired) electrons. The molecule has 1 aliphatic heterocycles. The average molecular weight is 834 g/mol. The van der Waals surface area contributed by atoms with Gasteiger partial charge in [-0.2, -0.15) is 0 Å². The molecule has 1 aliphatic rings. The van der Waals surface area contributed by atoms with Crippen LogP contribution >= 0.6 is 0 Å². The van der Waals surface area contributed by atoms with Gasteiger partial charge >= 0.3 is 0 Å². The van der Waals surface area contributed by atoms with Crippen LogP contribution in [0.3, 0.4) is 0 Å². The summed E-state index contributed by atoms with van der Waals surface area (Å²) in [4.78, 5) is 11.0. The molecule has 64 heavy (non-hydrogen) atoms. The third-order valence-corrected chi connectivity index (χ3v) is 16.7. The van der Waals surface area contributed by atoms with Crippen LogP contribution in [0.2, 0.25) is 13.1 Å². The Morgan fingerprint density at radius 2 is 0.859 bits per heavy atom. The summed E-state index contributed by atoms with van der Waals surface area (Å²) in [6.45, 7) is 4.89. The van der Waals surface area contributed by atoms with Gasteiger partial charge in [-0.3, -0.25) is 0 Å². The lowest BCUT2D eigenvalue weighted by atomic mass is 9.94. The van der Waals surface area contributed by atoms with E-state index < -0.39 is 8.07 Å². The molecule has 0 spiro atoms. The van der Waals surface area contributed by atoms with Crippen molar-refractivity contribution in [2.45, 2.75) is 13.1 Å².